The van der Waals surface area contributed by atoms with E-state index in [1.54, 1.807) is 31.4 Å². The van der Waals surface area contributed by atoms with Gasteiger partial charge < -0.3 is 10.1 Å². The average molecular weight is 393 g/mol. The molecule has 0 aromatic heterocycles. The number of anilines is 1. The second kappa shape index (κ2) is 10.1. The van der Waals surface area contributed by atoms with Crippen LogP contribution in [-0.2, 0) is 0 Å². The second-order valence-corrected chi connectivity index (χ2v) is 6.37. The van der Waals surface area contributed by atoms with E-state index in [1.165, 1.54) is 6.08 Å². The molecule has 0 saturated heterocycles. The number of alkyl halides is 3. The minimum atomic E-state index is -3.57. The van der Waals surface area contributed by atoms with E-state index in [2.05, 4.69) is 17.2 Å². The maximum absolute atomic E-state index is 14.0. The van der Waals surface area contributed by atoms with Crippen molar-refractivity contribution in [1.82, 2.24) is 0 Å². The van der Waals surface area contributed by atoms with Gasteiger partial charge in [-0.1, -0.05) is 43.7 Å². The Bertz CT molecular complexity index is 769. The summed E-state index contributed by atoms with van der Waals surface area (Å²) in [5.74, 6) is 0.634. The van der Waals surface area contributed by atoms with Crippen molar-refractivity contribution in [2.24, 2.45) is 4.99 Å². The van der Waals surface area contributed by atoms with Gasteiger partial charge in [-0.05, 0) is 53.9 Å². The smallest absolute Gasteiger partial charge is 0.362 e. The Morgan fingerprint density at radius 1 is 1.15 bits per heavy atom. The fourth-order valence-corrected chi connectivity index (χ4v) is 2.44. The zero-order chi connectivity index (χ0) is 19.7. The fraction of sp³-hybridized carbons (Fsp3) is 0.286. The van der Waals surface area contributed by atoms with Crippen molar-refractivity contribution in [1.29, 1.82) is 0 Å². The lowest BCUT2D eigenvalue weighted by molar-refractivity contribution is 0.140. The van der Waals surface area contributed by atoms with Crippen LogP contribution in [0.15, 0.2) is 71.4 Å². The van der Waals surface area contributed by atoms with E-state index in [1.807, 2.05) is 30.3 Å². The van der Waals surface area contributed by atoms with Crippen LogP contribution in [0.3, 0.4) is 0 Å². The summed E-state index contributed by atoms with van der Waals surface area (Å²) in [7, 11) is 1.54. The lowest BCUT2D eigenvalue weighted by Crippen LogP contribution is -2.20. The summed E-state index contributed by atoms with van der Waals surface area (Å²) >= 11 is 5.36. The minimum absolute atomic E-state index is 0.437. The molecule has 6 heteroatoms. The van der Waals surface area contributed by atoms with Crippen LogP contribution in [0, 0.1) is 0 Å². The molecule has 1 N–H and O–H groups in total. The number of hydrogen-bond acceptors (Lipinski definition) is 3. The van der Waals surface area contributed by atoms with E-state index >= 15 is 0 Å². The molecule has 0 spiro atoms. The summed E-state index contributed by atoms with van der Waals surface area (Å²) in [6.07, 6.45) is 3.16. The molecule has 0 atom stereocenters. The monoisotopic (exact) mass is 392 g/mol. The SMILES string of the molecule is CCCCN=C(/C=C(\Nc1ccc(OC)cc1)C(F)(F)Cl)c1ccccc1. The van der Waals surface area contributed by atoms with Crippen molar-refractivity contribution in [2.75, 3.05) is 19.0 Å². The number of halogens is 3. The standard InChI is InChI=1S/C21H23ClF2N2O/c1-3-4-14-25-19(16-8-6-5-7-9-16)15-20(21(22,23)24)26-17-10-12-18(27-2)13-11-17/h5-13,15,26H,3-4,14H2,1-2H3/b20-15-,25-19?. The molecule has 0 bridgehead atoms. The first-order valence-corrected chi connectivity index (χ1v) is 9.11. The third-order valence-corrected chi connectivity index (χ3v) is 4.02. The van der Waals surface area contributed by atoms with E-state index in [0.29, 0.717) is 23.7 Å². The Labute approximate surface area is 163 Å². The number of hydrogen-bond donors (Lipinski definition) is 1. The van der Waals surface area contributed by atoms with Gasteiger partial charge in [0.1, 0.15) is 11.4 Å². The maximum atomic E-state index is 14.0. The molecule has 0 radical (unpaired) electrons. The number of rotatable bonds is 9. The van der Waals surface area contributed by atoms with Crippen molar-refractivity contribution in [3.8, 4) is 5.75 Å². The molecule has 0 aliphatic carbocycles. The fourth-order valence-electron chi connectivity index (χ4n) is 2.34. The van der Waals surface area contributed by atoms with Gasteiger partial charge >= 0.3 is 5.38 Å². The normalized spacial score (nSPS) is 12.8. The van der Waals surface area contributed by atoms with E-state index in [9.17, 15) is 8.78 Å². The van der Waals surface area contributed by atoms with Crippen LogP contribution in [-0.4, -0.2) is 24.7 Å². The molecule has 2 rings (SSSR count). The Morgan fingerprint density at radius 2 is 1.81 bits per heavy atom. The molecule has 0 fully saturated rings. The summed E-state index contributed by atoms with van der Waals surface area (Å²) in [5, 5.41) is -0.866. The molecule has 0 unspecified atom stereocenters. The van der Waals surface area contributed by atoms with Crippen molar-refractivity contribution >= 4 is 23.0 Å². The van der Waals surface area contributed by atoms with Gasteiger partial charge in [0.2, 0.25) is 0 Å². The summed E-state index contributed by atoms with van der Waals surface area (Å²) in [6.45, 7) is 2.61. The van der Waals surface area contributed by atoms with Crippen LogP contribution in [0.2, 0.25) is 0 Å². The van der Waals surface area contributed by atoms with Gasteiger partial charge in [-0.15, -0.1) is 0 Å². The van der Waals surface area contributed by atoms with Gasteiger partial charge in [0.25, 0.3) is 0 Å². The third-order valence-electron chi connectivity index (χ3n) is 3.82. The summed E-state index contributed by atoms with van der Waals surface area (Å²) in [4.78, 5) is 4.49. The maximum Gasteiger partial charge on any atom is 0.362 e. The zero-order valence-electron chi connectivity index (χ0n) is 15.4. The van der Waals surface area contributed by atoms with Gasteiger partial charge in [0, 0.05) is 12.2 Å². The second-order valence-electron chi connectivity index (χ2n) is 5.90. The molecule has 2 aromatic rings. The molecule has 0 saturated carbocycles. The highest BCUT2D eigenvalue weighted by molar-refractivity contribution is 6.24. The number of benzene rings is 2. The average Bonchev–Trinajstić information content (AvgIpc) is 2.67. The lowest BCUT2D eigenvalue weighted by atomic mass is 10.1. The van der Waals surface area contributed by atoms with Crippen LogP contribution >= 0.6 is 11.6 Å². The van der Waals surface area contributed by atoms with Crippen LogP contribution in [0.1, 0.15) is 25.3 Å². The summed E-state index contributed by atoms with van der Waals surface area (Å²) in [5.41, 5.74) is 1.25. The predicted octanol–water partition coefficient (Wildman–Crippen LogP) is 6.11. The Kier molecular flexibility index (Phi) is 7.80. The van der Waals surface area contributed by atoms with Crippen molar-refractivity contribution < 1.29 is 13.5 Å². The molecule has 0 aliphatic rings. The molecule has 0 amide bonds. The number of aliphatic imine (C=N–C) groups is 1. The number of nitrogens with one attached hydrogen (secondary N) is 1. The van der Waals surface area contributed by atoms with Gasteiger partial charge in [0.05, 0.1) is 12.8 Å². The molecule has 2 aromatic carbocycles. The first-order chi connectivity index (χ1) is 12.9. The quantitative estimate of drug-likeness (QED) is 0.317. The number of unbranched alkanes of at least 4 members (excludes halogenated alkanes) is 1. The summed E-state index contributed by atoms with van der Waals surface area (Å²) in [6, 6.07) is 15.9. The summed E-state index contributed by atoms with van der Waals surface area (Å²) < 4.78 is 33.2. The van der Waals surface area contributed by atoms with E-state index in [-0.39, 0.29) is 0 Å². The molecule has 27 heavy (non-hydrogen) atoms. The Hall–Kier alpha value is -2.40. The molecular formula is C21H23ClF2N2O. The molecule has 144 valence electrons. The molecule has 3 nitrogen and oxygen atoms in total. The minimum Gasteiger partial charge on any atom is -0.497 e. The number of nitrogens with zero attached hydrogens (tertiary/aromatic N) is 1. The lowest BCUT2D eigenvalue weighted by Gasteiger charge is -2.17. The molecular weight excluding hydrogens is 370 g/mol. The first kappa shape index (κ1) is 20.9. The van der Waals surface area contributed by atoms with E-state index in [0.717, 1.165) is 18.4 Å². The number of ether oxygens (including phenoxy) is 1. The topological polar surface area (TPSA) is 33.6 Å². The van der Waals surface area contributed by atoms with E-state index in [4.69, 9.17) is 16.3 Å². The highest BCUT2D eigenvalue weighted by Crippen LogP contribution is 2.30. The van der Waals surface area contributed by atoms with Gasteiger partial charge in [-0.25, -0.2) is 0 Å². The third kappa shape index (κ3) is 6.68. The van der Waals surface area contributed by atoms with Gasteiger partial charge in [0.15, 0.2) is 0 Å². The van der Waals surface area contributed by atoms with E-state index < -0.39 is 11.1 Å². The molecule has 0 aliphatic heterocycles. The van der Waals surface area contributed by atoms with Gasteiger partial charge in [-0.2, -0.15) is 8.78 Å². The van der Waals surface area contributed by atoms with Crippen LogP contribution in [0.4, 0.5) is 14.5 Å². The predicted molar refractivity (Wildman–Crippen MR) is 108 cm³/mol. The van der Waals surface area contributed by atoms with Crippen LogP contribution < -0.4 is 10.1 Å². The Balaban J connectivity index is 2.37. The van der Waals surface area contributed by atoms with Crippen molar-refractivity contribution in [3.63, 3.8) is 0 Å². The van der Waals surface area contributed by atoms with Crippen molar-refractivity contribution in [3.05, 3.63) is 71.9 Å². The molecule has 0 heterocycles. The number of methoxy groups -OCH3 is 1. The largest absolute Gasteiger partial charge is 0.497 e. The van der Waals surface area contributed by atoms with Crippen molar-refractivity contribution in [2.45, 2.75) is 25.1 Å². The highest BCUT2D eigenvalue weighted by atomic mass is 35.5. The van der Waals surface area contributed by atoms with Gasteiger partial charge in [-0.3, -0.25) is 4.99 Å². The zero-order valence-corrected chi connectivity index (χ0v) is 16.1. The van der Waals surface area contributed by atoms with Crippen LogP contribution in [0.25, 0.3) is 0 Å². The Morgan fingerprint density at radius 3 is 2.37 bits per heavy atom. The van der Waals surface area contributed by atoms with Crippen LogP contribution in [0.5, 0.6) is 5.75 Å². The highest BCUT2D eigenvalue weighted by Gasteiger charge is 2.31. The first-order valence-electron chi connectivity index (χ1n) is 8.74. The number of allylic oxidation sites excluding steroid dienone is 2.